The SMILES string of the molecule is O=C(O)c1ccc(C#Cc2ccc(-c3ccc(C#Cc4ccc(O)cc4)cc3)c([N+](=O)[O-])c2)cc1. The van der Waals surface area contributed by atoms with Gasteiger partial charge in [-0.1, -0.05) is 35.8 Å². The molecular weight excluding hydrogens is 442 g/mol. The summed E-state index contributed by atoms with van der Waals surface area (Å²) in [7, 11) is 0. The summed E-state index contributed by atoms with van der Waals surface area (Å²) in [6.07, 6.45) is 0. The van der Waals surface area contributed by atoms with Crippen LogP contribution < -0.4 is 0 Å². The van der Waals surface area contributed by atoms with Crippen molar-refractivity contribution in [3.63, 3.8) is 0 Å². The lowest BCUT2D eigenvalue weighted by Gasteiger charge is -2.04. The molecule has 0 heterocycles. The normalized spacial score (nSPS) is 9.83. The van der Waals surface area contributed by atoms with Crippen LogP contribution in [-0.4, -0.2) is 21.1 Å². The molecule has 0 spiro atoms. The zero-order valence-electron chi connectivity index (χ0n) is 18.2. The van der Waals surface area contributed by atoms with E-state index in [9.17, 15) is 20.0 Å². The van der Waals surface area contributed by atoms with Crippen molar-refractivity contribution in [2.75, 3.05) is 0 Å². The monoisotopic (exact) mass is 459 g/mol. The van der Waals surface area contributed by atoms with E-state index in [1.165, 1.54) is 18.2 Å². The molecule has 168 valence electrons. The van der Waals surface area contributed by atoms with Gasteiger partial charge in [-0.25, -0.2) is 4.79 Å². The van der Waals surface area contributed by atoms with Crippen LogP contribution in [0.3, 0.4) is 0 Å². The van der Waals surface area contributed by atoms with E-state index in [-0.39, 0.29) is 17.0 Å². The molecule has 2 N–H and O–H groups in total. The molecule has 6 nitrogen and oxygen atoms in total. The zero-order valence-corrected chi connectivity index (χ0v) is 18.2. The van der Waals surface area contributed by atoms with E-state index in [1.54, 1.807) is 72.8 Å². The number of nitrogens with zero attached hydrogens (tertiary/aromatic N) is 1. The largest absolute Gasteiger partial charge is 0.508 e. The number of carboxylic acid groups (broad SMARTS) is 1. The van der Waals surface area contributed by atoms with Gasteiger partial charge < -0.3 is 10.2 Å². The minimum atomic E-state index is -1.02. The lowest BCUT2D eigenvalue weighted by Crippen LogP contribution is -1.95. The molecule has 35 heavy (non-hydrogen) atoms. The second kappa shape index (κ2) is 10.1. The van der Waals surface area contributed by atoms with Crippen molar-refractivity contribution < 1.29 is 19.9 Å². The van der Waals surface area contributed by atoms with Crippen LogP contribution >= 0.6 is 0 Å². The van der Waals surface area contributed by atoms with Crippen LogP contribution in [0.5, 0.6) is 5.75 Å². The highest BCUT2D eigenvalue weighted by Crippen LogP contribution is 2.31. The average Bonchev–Trinajstić information content (AvgIpc) is 2.87. The Balaban J connectivity index is 1.57. The third kappa shape index (κ3) is 5.73. The molecule has 0 amide bonds. The molecule has 4 rings (SSSR count). The number of nitro groups is 1. The minimum absolute atomic E-state index is 0.0686. The Labute approximate surface area is 201 Å². The van der Waals surface area contributed by atoms with E-state index in [0.717, 1.165) is 11.1 Å². The van der Waals surface area contributed by atoms with Crippen LogP contribution in [0, 0.1) is 33.8 Å². The van der Waals surface area contributed by atoms with E-state index in [1.807, 2.05) is 0 Å². The molecule has 0 saturated heterocycles. The lowest BCUT2D eigenvalue weighted by atomic mass is 10.00. The first-order chi connectivity index (χ1) is 16.9. The highest BCUT2D eigenvalue weighted by Gasteiger charge is 2.15. The molecule has 6 heteroatoms. The highest BCUT2D eigenvalue weighted by molar-refractivity contribution is 5.87. The van der Waals surface area contributed by atoms with Gasteiger partial charge in [0.05, 0.1) is 16.1 Å². The van der Waals surface area contributed by atoms with Crippen LogP contribution in [-0.2, 0) is 0 Å². The Kier molecular flexibility index (Phi) is 6.58. The van der Waals surface area contributed by atoms with Crippen LogP contribution in [0.2, 0.25) is 0 Å². The molecule has 0 atom stereocenters. The van der Waals surface area contributed by atoms with Crippen molar-refractivity contribution in [1.29, 1.82) is 0 Å². The maximum Gasteiger partial charge on any atom is 0.335 e. The standard InChI is InChI=1S/C29H17NO5/c31-26-16-9-22(10-17-26)2-1-20-5-12-24(13-6-20)27-18-11-23(19-28(27)30(34)35)4-3-21-7-14-25(15-8-21)29(32)33/h5-19,31H,(H,32,33). The van der Waals surface area contributed by atoms with Gasteiger partial charge >= 0.3 is 5.97 Å². The fraction of sp³-hybridized carbons (Fsp3) is 0. The first-order valence-electron chi connectivity index (χ1n) is 10.4. The average molecular weight is 459 g/mol. The Bertz CT molecular complexity index is 1530. The molecular formula is C29H17NO5. The van der Waals surface area contributed by atoms with Gasteiger partial charge in [0.2, 0.25) is 0 Å². The fourth-order valence-corrected chi connectivity index (χ4v) is 3.27. The molecule has 0 aliphatic rings. The molecule has 0 fully saturated rings. The van der Waals surface area contributed by atoms with Gasteiger partial charge in [-0.05, 0) is 78.4 Å². The summed E-state index contributed by atoms with van der Waals surface area (Å²) < 4.78 is 0. The summed E-state index contributed by atoms with van der Waals surface area (Å²) in [6, 6.07) is 24.6. The number of phenolic OH excluding ortho intramolecular Hbond substituents is 1. The predicted octanol–water partition coefficient (Wildman–Crippen LogP) is 5.47. The number of aromatic hydroxyl groups is 1. The molecule has 0 aliphatic heterocycles. The third-order valence-corrected chi connectivity index (χ3v) is 5.09. The molecule has 4 aromatic rings. The number of hydrogen-bond acceptors (Lipinski definition) is 4. The molecule has 0 aliphatic carbocycles. The topological polar surface area (TPSA) is 101 Å². The third-order valence-electron chi connectivity index (χ3n) is 5.09. The van der Waals surface area contributed by atoms with Crippen LogP contribution in [0.15, 0.2) is 91.0 Å². The van der Waals surface area contributed by atoms with Gasteiger partial charge in [-0.2, -0.15) is 0 Å². The maximum absolute atomic E-state index is 11.7. The molecule has 0 saturated carbocycles. The number of carbonyl (C=O) groups is 1. The second-order valence-corrected chi connectivity index (χ2v) is 7.50. The van der Waals surface area contributed by atoms with Crippen molar-refractivity contribution in [1.82, 2.24) is 0 Å². The van der Waals surface area contributed by atoms with E-state index in [0.29, 0.717) is 22.3 Å². The Morgan fingerprint density at radius 2 is 1.14 bits per heavy atom. The summed E-state index contributed by atoms with van der Waals surface area (Å²) >= 11 is 0. The van der Waals surface area contributed by atoms with Gasteiger partial charge in [-0.15, -0.1) is 0 Å². The smallest absolute Gasteiger partial charge is 0.335 e. The molecule has 0 bridgehead atoms. The van der Waals surface area contributed by atoms with Gasteiger partial charge in [0.25, 0.3) is 5.69 Å². The van der Waals surface area contributed by atoms with Crippen molar-refractivity contribution in [2.24, 2.45) is 0 Å². The Hall–Kier alpha value is -5.33. The van der Waals surface area contributed by atoms with E-state index in [2.05, 4.69) is 23.7 Å². The van der Waals surface area contributed by atoms with Crippen molar-refractivity contribution >= 4 is 11.7 Å². The number of hydrogen-bond donors (Lipinski definition) is 2. The number of benzene rings is 4. The minimum Gasteiger partial charge on any atom is -0.508 e. The number of aromatic carboxylic acids is 1. The first kappa shape index (κ1) is 22.8. The van der Waals surface area contributed by atoms with Crippen molar-refractivity contribution in [3.8, 4) is 40.6 Å². The van der Waals surface area contributed by atoms with E-state index >= 15 is 0 Å². The summed E-state index contributed by atoms with van der Waals surface area (Å²) in [5.74, 6) is 11.0. The quantitative estimate of drug-likeness (QED) is 0.241. The summed E-state index contributed by atoms with van der Waals surface area (Å²) in [5.41, 5.74) is 3.82. The van der Waals surface area contributed by atoms with Crippen LogP contribution in [0.1, 0.15) is 32.6 Å². The number of nitro benzene ring substituents is 1. The number of phenols is 1. The number of rotatable bonds is 3. The molecule has 0 radical (unpaired) electrons. The van der Waals surface area contributed by atoms with E-state index in [4.69, 9.17) is 5.11 Å². The Morgan fingerprint density at radius 1 is 0.686 bits per heavy atom. The van der Waals surface area contributed by atoms with Crippen LogP contribution in [0.4, 0.5) is 5.69 Å². The summed E-state index contributed by atoms with van der Waals surface area (Å²) in [4.78, 5) is 22.2. The fourth-order valence-electron chi connectivity index (χ4n) is 3.27. The maximum atomic E-state index is 11.7. The number of carboxylic acids is 1. The zero-order chi connectivity index (χ0) is 24.8. The first-order valence-corrected chi connectivity index (χ1v) is 10.4. The van der Waals surface area contributed by atoms with Crippen LogP contribution in [0.25, 0.3) is 11.1 Å². The molecule has 0 unspecified atom stereocenters. The molecule has 4 aromatic carbocycles. The predicted molar refractivity (Wildman–Crippen MR) is 132 cm³/mol. The summed E-state index contributed by atoms with van der Waals surface area (Å²) in [5, 5.41) is 30.0. The van der Waals surface area contributed by atoms with Crippen molar-refractivity contribution in [3.05, 3.63) is 129 Å². The summed E-state index contributed by atoms with van der Waals surface area (Å²) in [6.45, 7) is 0. The van der Waals surface area contributed by atoms with E-state index < -0.39 is 10.9 Å². The second-order valence-electron chi connectivity index (χ2n) is 7.50. The van der Waals surface area contributed by atoms with Gasteiger partial charge in [-0.3, -0.25) is 10.1 Å². The lowest BCUT2D eigenvalue weighted by molar-refractivity contribution is -0.384. The van der Waals surface area contributed by atoms with Gasteiger partial charge in [0.1, 0.15) is 5.75 Å². The highest BCUT2D eigenvalue weighted by atomic mass is 16.6. The van der Waals surface area contributed by atoms with Crippen molar-refractivity contribution in [2.45, 2.75) is 0 Å². The van der Waals surface area contributed by atoms with Gasteiger partial charge in [0, 0.05) is 28.3 Å². The van der Waals surface area contributed by atoms with Gasteiger partial charge in [0.15, 0.2) is 0 Å². The Morgan fingerprint density at radius 3 is 1.66 bits per heavy atom. The molecule has 0 aromatic heterocycles.